The first-order valence-corrected chi connectivity index (χ1v) is 6.62. The Morgan fingerprint density at radius 1 is 1.47 bits per heavy atom. The normalized spacial score (nSPS) is 14.9. The maximum Gasteiger partial charge on any atom is 0.237 e. The summed E-state index contributed by atoms with van der Waals surface area (Å²) in [5, 5.41) is 0. The molecule has 3 rings (SSSR count). The minimum Gasteiger partial charge on any atom is -0.481 e. The number of aryl methyl sites for hydroxylation is 1. The summed E-state index contributed by atoms with van der Waals surface area (Å²) in [6.07, 6.45) is 4.62. The van der Waals surface area contributed by atoms with Gasteiger partial charge in [0.1, 0.15) is 5.69 Å². The predicted molar refractivity (Wildman–Crippen MR) is 70.7 cm³/mol. The summed E-state index contributed by atoms with van der Waals surface area (Å²) in [6.45, 7) is 4.06. The van der Waals surface area contributed by atoms with E-state index in [1.54, 1.807) is 13.3 Å². The maximum absolute atomic E-state index is 12.1. The first-order chi connectivity index (χ1) is 9.15. The van der Waals surface area contributed by atoms with Gasteiger partial charge in [-0.3, -0.25) is 9.20 Å². The third-order valence-electron chi connectivity index (χ3n) is 3.69. The van der Waals surface area contributed by atoms with E-state index in [1.807, 2.05) is 11.3 Å². The minimum atomic E-state index is 0.141. The molecule has 0 bridgehead atoms. The summed E-state index contributed by atoms with van der Waals surface area (Å²) in [4.78, 5) is 20.8. The number of carbonyl (C=O) groups is 1. The molecule has 0 N–H and O–H groups in total. The maximum atomic E-state index is 12.1. The van der Waals surface area contributed by atoms with Crippen LogP contribution >= 0.6 is 0 Å². The zero-order valence-electron chi connectivity index (χ0n) is 11.4. The van der Waals surface area contributed by atoms with Crippen molar-refractivity contribution in [2.24, 2.45) is 5.92 Å². The smallest absolute Gasteiger partial charge is 0.237 e. The number of carbonyl (C=O) groups excluding carboxylic acids is 1. The average molecular weight is 259 g/mol. The van der Waals surface area contributed by atoms with Crippen LogP contribution in [0.1, 0.15) is 41.5 Å². The zero-order chi connectivity index (χ0) is 13.6. The fraction of sp³-hybridized carbons (Fsp3) is 0.500. The van der Waals surface area contributed by atoms with E-state index in [2.05, 4.69) is 16.9 Å². The summed E-state index contributed by atoms with van der Waals surface area (Å²) >= 11 is 0. The largest absolute Gasteiger partial charge is 0.481 e. The van der Waals surface area contributed by atoms with E-state index in [1.165, 1.54) is 0 Å². The lowest BCUT2D eigenvalue weighted by atomic mass is 10.2. The Morgan fingerprint density at radius 2 is 2.21 bits per heavy atom. The van der Waals surface area contributed by atoms with Crippen molar-refractivity contribution < 1.29 is 9.53 Å². The molecular formula is C14H17N3O2. The topological polar surface area (TPSA) is 56.5 Å². The molecule has 0 spiro atoms. The lowest BCUT2D eigenvalue weighted by molar-refractivity contribution is 0.0963. The van der Waals surface area contributed by atoms with Gasteiger partial charge in [0.25, 0.3) is 0 Å². The van der Waals surface area contributed by atoms with Crippen molar-refractivity contribution >= 4 is 11.6 Å². The highest BCUT2D eigenvalue weighted by Gasteiger charge is 2.32. The lowest BCUT2D eigenvalue weighted by Crippen LogP contribution is -2.03. The van der Waals surface area contributed by atoms with E-state index in [0.717, 1.165) is 30.5 Å². The van der Waals surface area contributed by atoms with Gasteiger partial charge >= 0.3 is 0 Å². The molecule has 1 aliphatic rings. The molecule has 100 valence electrons. The number of rotatable bonds is 4. The van der Waals surface area contributed by atoms with Crippen molar-refractivity contribution in [1.29, 1.82) is 0 Å². The fourth-order valence-corrected chi connectivity index (χ4v) is 2.40. The number of hydrogen-bond acceptors (Lipinski definition) is 4. The monoisotopic (exact) mass is 259 g/mol. The number of aromatic nitrogens is 3. The van der Waals surface area contributed by atoms with Crippen molar-refractivity contribution in [3.63, 3.8) is 0 Å². The van der Waals surface area contributed by atoms with Crippen LogP contribution in [-0.4, -0.2) is 27.3 Å². The predicted octanol–water partition coefficient (Wildman–Crippen LogP) is 2.20. The van der Waals surface area contributed by atoms with E-state index >= 15 is 0 Å². The molecule has 1 saturated carbocycles. The molecule has 5 nitrogen and oxygen atoms in total. The molecule has 1 aliphatic carbocycles. The quantitative estimate of drug-likeness (QED) is 0.790. The molecular weight excluding hydrogens is 242 g/mol. The number of hydrogen-bond donors (Lipinski definition) is 0. The first-order valence-electron chi connectivity index (χ1n) is 6.62. The molecule has 0 aliphatic heterocycles. The highest BCUT2D eigenvalue weighted by Crippen LogP contribution is 2.32. The molecule has 0 amide bonds. The summed E-state index contributed by atoms with van der Waals surface area (Å²) in [7, 11) is 1.61. The van der Waals surface area contributed by atoms with E-state index < -0.39 is 0 Å². The van der Waals surface area contributed by atoms with Crippen LogP contribution in [0.2, 0.25) is 0 Å². The second-order valence-electron chi connectivity index (χ2n) is 4.97. The number of imidazole rings is 1. The van der Waals surface area contributed by atoms with Crippen molar-refractivity contribution in [2.45, 2.75) is 33.1 Å². The Labute approximate surface area is 111 Å². The van der Waals surface area contributed by atoms with Crippen molar-refractivity contribution in [2.75, 3.05) is 7.11 Å². The van der Waals surface area contributed by atoms with Gasteiger partial charge in [-0.1, -0.05) is 6.92 Å². The molecule has 5 heteroatoms. The van der Waals surface area contributed by atoms with Crippen LogP contribution in [0.3, 0.4) is 0 Å². The highest BCUT2D eigenvalue weighted by atomic mass is 16.5. The van der Waals surface area contributed by atoms with Gasteiger partial charge in [0.2, 0.25) is 11.7 Å². The van der Waals surface area contributed by atoms with E-state index in [-0.39, 0.29) is 11.7 Å². The lowest BCUT2D eigenvalue weighted by Gasteiger charge is -2.10. The molecule has 1 fully saturated rings. The van der Waals surface area contributed by atoms with Gasteiger partial charge in [0.05, 0.1) is 7.11 Å². The Balaban J connectivity index is 2.16. The third-order valence-corrected chi connectivity index (χ3v) is 3.69. The van der Waals surface area contributed by atoms with Gasteiger partial charge in [-0.2, -0.15) is 4.98 Å². The van der Waals surface area contributed by atoms with Crippen LogP contribution in [0.4, 0.5) is 0 Å². The number of methoxy groups -OCH3 is 1. The number of nitrogens with zero attached hydrogens (tertiary/aromatic N) is 3. The summed E-state index contributed by atoms with van der Waals surface area (Å²) < 4.78 is 7.19. The van der Waals surface area contributed by atoms with Crippen LogP contribution in [0.5, 0.6) is 5.88 Å². The average Bonchev–Trinajstić information content (AvgIpc) is 3.17. The molecule has 19 heavy (non-hydrogen) atoms. The van der Waals surface area contributed by atoms with Gasteiger partial charge < -0.3 is 4.74 Å². The van der Waals surface area contributed by atoms with Gasteiger partial charge in [-0.15, -0.1) is 0 Å². The van der Waals surface area contributed by atoms with E-state index in [9.17, 15) is 4.79 Å². The van der Waals surface area contributed by atoms with E-state index in [0.29, 0.717) is 17.4 Å². The molecule has 2 heterocycles. The number of ketones is 1. The first kappa shape index (κ1) is 12.1. The van der Waals surface area contributed by atoms with Crippen LogP contribution < -0.4 is 4.74 Å². The Hall–Kier alpha value is -1.91. The number of Topliss-reactive ketones (excluding diaryl/α,β-unsaturated/α-hetero) is 1. The van der Waals surface area contributed by atoms with Gasteiger partial charge in [0, 0.05) is 23.4 Å². The SMILES string of the molecule is CCc1c(OC)nc2nc(C(=O)C3CC3)cn2c1C. The fourth-order valence-electron chi connectivity index (χ4n) is 2.40. The van der Waals surface area contributed by atoms with E-state index in [4.69, 9.17) is 4.74 Å². The summed E-state index contributed by atoms with van der Waals surface area (Å²) in [6, 6.07) is 0. The summed E-state index contributed by atoms with van der Waals surface area (Å²) in [5.74, 6) is 1.46. The minimum absolute atomic E-state index is 0.141. The van der Waals surface area contributed by atoms with Crippen LogP contribution in [0.25, 0.3) is 5.78 Å². The molecule has 0 aromatic carbocycles. The van der Waals surface area contributed by atoms with Crippen LogP contribution in [0, 0.1) is 12.8 Å². The zero-order valence-corrected chi connectivity index (χ0v) is 11.4. The number of ether oxygens (including phenoxy) is 1. The second kappa shape index (κ2) is 4.33. The summed E-state index contributed by atoms with van der Waals surface area (Å²) in [5.41, 5.74) is 2.61. The Kier molecular flexibility index (Phi) is 2.77. The van der Waals surface area contributed by atoms with Crippen LogP contribution in [0.15, 0.2) is 6.20 Å². The van der Waals surface area contributed by atoms with Crippen molar-refractivity contribution in [1.82, 2.24) is 14.4 Å². The standard InChI is InChI=1S/C14H17N3O2/c1-4-10-8(2)17-7-11(12(18)9-5-6-9)15-14(17)16-13(10)19-3/h7,9H,4-6H2,1-3H3. The third kappa shape index (κ3) is 1.89. The second-order valence-corrected chi connectivity index (χ2v) is 4.97. The van der Waals surface area contributed by atoms with Crippen molar-refractivity contribution in [3.05, 3.63) is 23.1 Å². The van der Waals surface area contributed by atoms with Gasteiger partial charge in [-0.05, 0) is 26.2 Å². The van der Waals surface area contributed by atoms with Gasteiger partial charge in [-0.25, -0.2) is 4.98 Å². The molecule has 0 atom stereocenters. The molecule has 0 saturated heterocycles. The number of fused-ring (bicyclic) bond motifs is 1. The molecule has 0 unspecified atom stereocenters. The van der Waals surface area contributed by atoms with Crippen molar-refractivity contribution in [3.8, 4) is 5.88 Å². The Bertz CT molecular complexity index is 656. The molecule has 0 radical (unpaired) electrons. The molecule has 2 aromatic rings. The molecule has 2 aromatic heterocycles. The highest BCUT2D eigenvalue weighted by molar-refractivity contribution is 5.98. The van der Waals surface area contributed by atoms with Gasteiger partial charge in [0.15, 0.2) is 5.78 Å². The Morgan fingerprint density at radius 3 is 2.79 bits per heavy atom. The van der Waals surface area contributed by atoms with Crippen LogP contribution in [-0.2, 0) is 6.42 Å².